The standard InChI is InChI=1S/C21H29FN2O3S/c22-17(11-14-5-2-1-3-6-14)21(27)24-16-12-15(13-16)23-20(26)9-8-18(25)19-7-4-10-28-19/h4,7,10,14-17H,1-3,5-6,8-9,11-13H2,(H,23,26)(H,24,27). The third-order valence-electron chi connectivity index (χ3n) is 5.77. The molecule has 2 amide bonds. The minimum atomic E-state index is -1.43. The van der Waals surface area contributed by atoms with Gasteiger partial charge in [0.25, 0.3) is 5.91 Å². The molecule has 1 aromatic heterocycles. The lowest BCUT2D eigenvalue weighted by Gasteiger charge is -2.36. The Hall–Kier alpha value is -1.76. The van der Waals surface area contributed by atoms with Crippen LogP contribution in [0.5, 0.6) is 0 Å². The summed E-state index contributed by atoms with van der Waals surface area (Å²) in [5.41, 5.74) is 0. The van der Waals surface area contributed by atoms with E-state index in [-0.39, 0.29) is 36.6 Å². The van der Waals surface area contributed by atoms with E-state index in [2.05, 4.69) is 10.6 Å². The number of amides is 2. The largest absolute Gasteiger partial charge is 0.353 e. The summed E-state index contributed by atoms with van der Waals surface area (Å²) in [7, 11) is 0. The lowest BCUT2D eigenvalue weighted by atomic mass is 9.84. The number of Topliss-reactive ketones (excluding diaryl/α,β-unsaturated/α-hetero) is 1. The number of carbonyl (C=O) groups excluding carboxylic acids is 3. The van der Waals surface area contributed by atoms with Crippen molar-refractivity contribution in [3.63, 3.8) is 0 Å². The highest BCUT2D eigenvalue weighted by atomic mass is 32.1. The molecule has 1 unspecified atom stereocenters. The number of halogens is 1. The first kappa shape index (κ1) is 21.0. The molecule has 0 bridgehead atoms. The Morgan fingerprint density at radius 2 is 1.79 bits per heavy atom. The van der Waals surface area contributed by atoms with Crippen LogP contribution >= 0.6 is 11.3 Å². The Morgan fingerprint density at radius 1 is 1.07 bits per heavy atom. The van der Waals surface area contributed by atoms with Crippen LogP contribution in [-0.4, -0.2) is 35.9 Å². The number of thiophene rings is 1. The third-order valence-corrected chi connectivity index (χ3v) is 6.69. The molecule has 0 spiro atoms. The molecule has 2 aliphatic carbocycles. The quantitative estimate of drug-likeness (QED) is 0.611. The molecule has 2 fully saturated rings. The van der Waals surface area contributed by atoms with Crippen molar-refractivity contribution in [2.75, 3.05) is 0 Å². The molecular formula is C21H29FN2O3S. The first-order valence-corrected chi connectivity index (χ1v) is 11.2. The fraction of sp³-hybridized carbons (Fsp3) is 0.667. The van der Waals surface area contributed by atoms with Gasteiger partial charge in [-0.3, -0.25) is 14.4 Å². The van der Waals surface area contributed by atoms with E-state index in [1.54, 1.807) is 6.07 Å². The maximum Gasteiger partial charge on any atom is 0.254 e. The van der Waals surface area contributed by atoms with Gasteiger partial charge in [0.1, 0.15) is 0 Å². The average molecular weight is 409 g/mol. The van der Waals surface area contributed by atoms with Crippen molar-refractivity contribution in [2.45, 2.75) is 82.5 Å². The Labute approximate surface area is 169 Å². The van der Waals surface area contributed by atoms with Gasteiger partial charge in [0.15, 0.2) is 12.0 Å². The van der Waals surface area contributed by atoms with Gasteiger partial charge in [-0.1, -0.05) is 38.2 Å². The molecule has 0 radical (unpaired) electrons. The summed E-state index contributed by atoms with van der Waals surface area (Å²) >= 11 is 1.38. The van der Waals surface area contributed by atoms with Crippen molar-refractivity contribution in [3.05, 3.63) is 22.4 Å². The van der Waals surface area contributed by atoms with Crippen molar-refractivity contribution in [1.82, 2.24) is 10.6 Å². The van der Waals surface area contributed by atoms with Crippen molar-refractivity contribution >= 4 is 28.9 Å². The molecule has 0 aromatic carbocycles. The topological polar surface area (TPSA) is 75.3 Å². The number of ketones is 1. The summed E-state index contributed by atoms with van der Waals surface area (Å²) in [6.07, 6.45) is 6.06. The minimum Gasteiger partial charge on any atom is -0.353 e. The van der Waals surface area contributed by atoms with Gasteiger partial charge in [-0.15, -0.1) is 11.3 Å². The van der Waals surface area contributed by atoms with E-state index in [1.165, 1.54) is 17.8 Å². The second-order valence-electron chi connectivity index (χ2n) is 8.05. The van der Waals surface area contributed by atoms with Gasteiger partial charge >= 0.3 is 0 Å². The number of carbonyl (C=O) groups is 3. The fourth-order valence-electron chi connectivity index (χ4n) is 4.06. The molecule has 5 nitrogen and oxygen atoms in total. The van der Waals surface area contributed by atoms with Gasteiger partial charge in [0, 0.05) is 24.9 Å². The smallest absolute Gasteiger partial charge is 0.254 e. The number of hydrogen-bond donors (Lipinski definition) is 2. The lowest BCUT2D eigenvalue weighted by molar-refractivity contribution is -0.128. The SMILES string of the molecule is O=C(CCC(=O)c1cccs1)NC1CC(NC(=O)C(F)CC2CCCCC2)C1. The summed E-state index contributed by atoms with van der Waals surface area (Å²) in [5, 5.41) is 7.48. The third kappa shape index (κ3) is 6.12. The Kier molecular flexibility index (Phi) is 7.59. The van der Waals surface area contributed by atoms with E-state index < -0.39 is 12.1 Å². The van der Waals surface area contributed by atoms with Crippen LogP contribution in [0.1, 0.15) is 73.9 Å². The van der Waals surface area contributed by atoms with Crippen LogP contribution < -0.4 is 10.6 Å². The Morgan fingerprint density at radius 3 is 2.46 bits per heavy atom. The summed E-state index contributed by atoms with van der Waals surface area (Å²) in [6, 6.07) is 3.50. The first-order valence-electron chi connectivity index (χ1n) is 10.3. The lowest BCUT2D eigenvalue weighted by Crippen LogP contribution is -2.55. The monoisotopic (exact) mass is 408 g/mol. The van der Waals surface area contributed by atoms with E-state index in [4.69, 9.17) is 0 Å². The number of rotatable bonds is 9. The molecule has 28 heavy (non-hydrogen) atoms. The van der Waals surface area contributed by atoms with E-state index in [1.807, 2.05) is 11.4 Å². The van der Waals surface area contributed by atoms with Crippen molar-refractivity contribution in [1.29, 1.82) is 0 Å². The summed E-state index contributed by atoms with van der Waals surface area (Å²) in [5.74, 6) is -0.349. The molecular weight excluding hydrogens is 379 g/mol. The van der Waals surface area contributed by atoms with E-state index in [0.717, 1.165) is 25.7 Å². The number of alkyl halides is 1. The fourth-order valence-corrected chi connectivity index (χ4v) is 4.75. The van der Waals surface area contributed by atoms with Crippen LogP contribution in [-0.2, 0) is 9.59 Å². The minimum absolute atomic E-state index is 0.00829. The van der Waals surface area contributed by atoms with Gasteiger partial charge in [-0.25, -0.2) is 4.39 Å². The van der Waals surface area contributed by atoms with E-state index >= 15 is 0 Å². The van der Waals surface area contributed by atoms with Crippen LogP contribution in [0.3, 0.4) is 0 Å². The highest BCUT2D eigenvalue weighted by Crippen LogP contribution is 2.28. The Bertz CT molecular complexity index is 667. The van der Waals surface area contributed by atoms with Gasteiger partial charge in [-0.2, -0.15) is 0 Å². The first-order chi connectivity index (χ1) is 13.5. The van der Waals surface area contributed by atoms with Gasteiger partial charge in [0.2, 0.25) is 5.91 Å². The average Bonchev–Trinajstić information content (AvgIpc) is 3.20. The summed E-state index contributed by atoms with van der Waals surface area (Å²) < 4.78 is 14.2. The molecule has 2 saturated carbocycles. The zero-order valence-corrected chi connectivity index (χ0v) is 16.9. The van der Waals surface area contributed by atoms with Crippen LogP contribution in [0.15, 0.2) is 17.5 Å². The van der Waals surface area contributed by atoms with Gasteiger partial charge in [0.05, 0.1) is 4.88 Å². The second-order valence-corrected chi connectivity index (χ2v) is 9.00. The molecule has 1 aromatic rings. The molecule has 3 rings (SSSR count). The highest BCUT2D eigenvalue weighted by molar-refractivity contribution is 7.12. The van der Waals surface area contributed by atoms with E-state index in [0.29, 0.717) is 30.1 Å². The predicted octanol–water partition coefficient (Wildman–Crippen LogP) is 3.78. The molecule has 2 aliphatic rings. The molecule has 1 atom stereocenters. The molecule has 1 heterocycles. The zero-order chi connectivity index (χ0) is 19.9. The molecule has 0 saturated heterocycles. The summed E-state index contributed by atoms with van der Waals surface area (Å²) in [6.45, 7) is 0. The van der Waals surface area contributed by atoms with Crippen LogP contribution in [0, 0.1) is 5.92 Å². The van der Waals surface area contributed by atoms with Crippen LogP contribution in [0.4, 0.5) is 4.39 Å². The maximum absolute atomic E-state index is 14.2. The second kappa shape index (κ2) is 10.1. The van der Waals surface area contributed by atoms with Gasteiger partial charge < -0.3 is 10.6 Å². The molecule has 2 N–H and O–H groups in total. The summed E-state index contributed by atoms with van der Waals surface area (Å²) in [4.78, 5) is 36.6. The maximum atomic E-state index is 14.2. The number of hydrogen-bond acceptors (Lipinski definition) is 4. The zero-order valence-electron chi connectivity index (χ0n) is 16.1. The Balaban J connectivity index is 1.28. The van der Waals surface area contributed by atoms with Crippen LogP contribution in [0.25, 0.3) is 0 Å². The highest BCUT2D eigenvalue weighted by Gasteiger charge is 2.33. The predicted molar refractivity (Wildman–Crippen MR) is 107 cm³/mol. The molecule has 7 heteroatoms. The van der Waals surface area contributed by atoms with E-state index in [9.17, 15) is 18.8 Å². The van der Waals surface area contributed by atoms with Gasteiger partial charge in [-0.05, 0) is 36.6 Å². The molecule has 0 aliphatic heterocycles. The number of nitrogens with one attached hydrogen (secondary N) is 2. The van der Waals surface area contributed by atoms with Crippen LogP contribution in [0.2, 0.25) is 0 Å². The van der Waals surface area contributed by atoms with Crippen molar-refractivity contribution in [2.24, 2.45) is 5.92 Å². The normalized spacial score (nSPS) is 23.5. The van der Waals surface area contributed by atoms with Crippen molar-refractivity contribution < 1.29 is 18.8 Å². The molecule has 154 valence electrons. The van der Waals surface area contributed by atoms with Crippen molar-refractivity contribution in [3.8, 4) is 0 Å².